The molecule has 0 spiro atoms. The molecule has 116 valence electrons. The van der Waals surface area contributed by atoms with Crippen LogP contribution in [0.4, 0.5) is 0 Å². The summed E-state index contributed by atoms with van der Waals surface area (Å²) in [5, 5.41) is 12.9. The van der Waals surface area contributed by atoms with Crippen molar-refractivity contribution in [1.82, 2.24) is 0 Å². The average Bonchev–Trinajstić information content (AvgIpc) is 2.73. The Morgan fingerprint density at radius 2 is 1.48 bits per heavy atom. The van der Waals surface area contributed by atoms with Crippen LogP contribution in [-0.4, -0.2) is 11.4 Å². The van der Waals surface area contributed by atoms with Gasteiger partial charge in [-0.1, -0.05) is 52.3 Å². The van der Waals surface area contributed by atoms with Gasteiger partial charge >= 0.3 is 0 Å². The standard InChI is InChI=1S/C17H25NOS2/c1-16(2,3)12-8-11(14-10-20-21(7)18-14)9-13(15(12)19)17(4,5)6/h8-10,19H,1-7H3. The molecule has 0 aliphatic carbocycles. The van der Waals surface area contributed by atoms with Gasteiger partial charge in [-0.15, -0.1) is 0 Å². The molecule has 1 unspecified atom stereocenters. The highest BCUT2D eigenvalue weighted by Crippen LogP contribution is 2.42. The molecule has 0 fully saturated rings. The van der Waals surface area contributed by atoms with E-state index < -0.39 is 0 Å². The second kappa shape index (κ2) is 5.47. The van der Waals surface area contributed by atoms with Crippen molar-refractivity contribution in [2.45, 2.75) is 52.4 Å². The largest absolute Gasteiger partial charge is 0.507 e. The van der Waals surface area contributed by atoms with Crippen LogP contribution in [0.25, 0.3) is 5.70 Å². The van der Waals surface area contributed by atoms with E-state index in [1.807, 2.05) is 0 Å². The molecular formula is C17H25NOS2. The van der Waals surface area contributed by atoms with Crippen LogP contribution in [0.3, 0.4) is 0 Å². The third-order valence-corrected chi connectivity index (χ3v) is 5.95. The molecule has 0 amide bonds. The van der Waals surface area contributed by atoms with E-state index in [0.29, 0.717) is 5.75 Å². The predicted octanol–water partition coefficient (Wildman–Crippen LogP) is 5.38. The van der Waals surface area contributed by atoms with E-state index in [9.17, 15) is 5.11 Å². The molecule has 1 aliphatic heterocycles. The molecule has 4 heteroatoms. The molecule has 0 radical (unpaired) electrons. The molecule has 1 aromatic carbocycles. The fourth-order valence-corrected chi connectivity index (χ4v) is 4.37. The van der Waals surface area contributed by atoms with Crippen molar-refractivity contribution in [3.8, 4) is 5.75 Å². The van der Waals surface area contributed by atoms with Crippen molar-refractivity contribution >= 4 is 26.2 Å². The lowest BCUT2D eigenvalue weighted by molar-refractivity contribution is 0.423. The maximum Gasteiger partial charge on any atom is 0.123 e. The molecular weight excluding hydrogens is 298 g/mol. The van der Waals surface area contributed by atoms with Gasteiger partial charge < -0.3 is 5.11 Å². The molecule has 0 saturated heterocycles. The van der Waals surface area contributed by atoms with Crippen LogP contribution in [0.1, 0.15) is 58.2 Å². The van der Waals surface area contributed by atoms with Gasteiger partial charge in [-0.3, -0.25) is 0 Å². The van der Waals surface area contributed by atoms with E-state index in [4.69, 9.17) is 4.36 Å². The normalized spacial score (nSPS) is 19.4. The molecule has 1 aliphatic rings. The number of phenolic OH excluding ortho intramolecular Hbond substituents is 1. The molecule has 0 bridgehead atoms. The zero-order valence-electron chi connectivity index (χ0n) is 13.9. The first-order valence-corrected chi connectivity index (χ1v) is 10.1. The van der Waals surface area contributed by atoms with Crippen LogP contribution in [0.2, 0.25) is 0 Å². The van der Waals surface area contributed by atoms with Gasteiger partial charge in [0.25, 0.3) is 0 Å². The highest BCUT2D eigenvalue weighted by atomic mass is 33.1. The molecule has 1 N–H and O–H groups in total. The van der Waals surface area contributed by atoms with Gasteiger partial charge in [0.1, 0.15) is 5.75 Å². The molecule has 1 atom stereocenters. The summed E-state index contributed by atoms with van der Waals surface area (Å²) in [5.74, 6) is 0.431. The number of aromatic hydroxyl groups is 1. The molecule has 0 saturated carbocycles. The van der Waals surface area contributed by atoms with Gasteiger partial charge in [0, 0.05) is 28.4 Å². The lowest BCUT2D eigenvalue weighted by Crippen LogP contribution is -2.17. The van der Waals surface area contributed by atoms with E-state index in [-0.39, 0.29) is 20.6 Å². The minimum atomic E-state index is -0.0969. The SMILES string of the molecule is CS1=NC(c2cc(C(C)(C)C)c(O)c(C(C)(C)C)c2)=CS1. The maximum absolute atomic E-state index is 10.7. The van der Waals surface area contributed by atoms with E-state index in [0.717, 1.165) is 22.4 Å². The molecule has 2 rings (SSSR count). The molecule has 21 heavy (non-hydrogen) atoms. The topological polar surface area (TPSA) is 32.6 Å². The zero-order chi connectivity index (χ0) is 16.0. The highest BCUT2D eigenvalue weighted by molar-refractivity contribution is 8.71. The van der Waals surface area contributed by atoms with E-state index >= 15 is 0 Å². The summed E-state index contributed by atoms with van der Waals surface area (Å²) in [7, 11) is 1.79. The number of hydrogen-bond donors (Lipinski definition) is 1. The van der Waals surface area contributed by atoms with Gasteiger partial charge in [-0.2, -0.15) is 0 Å². The van der Waals surface area contributed by atoms with Crippen LogP contribution in [0, 0.1) is 0 Å². The first kappa shape index (κ1) is 16.6. The summed E-state index contributed by atoms with van der Waals surface area (Å²) in [6.45, 7) is 12.8. The van der Waals surface area contributed by atoms with Gasteiger partial charge in [0.2, 0.25) is 0 Å². The van der Waals surface area contributed by atoms with Crippen molar-refractivity contribution in [2.24, 2.45) is 4.36 Å². The minimum Gasteiger partial charge on any atom is -0.507 e. The van der Waals surface area contributed by atoms with E-state index in [1.54, 1.807) is 10.8 Å². The second-order valence-corrected chi connectivity index (χ2v) is 11.0. The Labute approximate surface area is 134 Å². The lowest BCUT2D eigenvalue weighted by Gasteiger charge is -2.28. The Morgan fingerprint density at radius 3 is 1.81 bits per heavy atom. The number of benzene rings is 1. The zero-order valence-corrected chi connectivity index (χ0v) is 15.6. The first-order chi connectivity index (χ1) is 9.50. The summed E-state index contributed by atoms with van der Waals surface area (Å²) >= 11 is 0. The molecule has 0 aromatic heterocycles. The Morgan fingerprint density at radius 1 is 1.00 bits per heavy atom. The number of phenols is 1. The predicted molar refractivity (Wildman–Crippen MR) is 96.8 cm³/mol. The van der Waals surface area contributed by atoms with Crippen molar-refractivity contribution < 1.29 is 5.11 Å². The maximum atomic E-state index is 10.7. The number of hydrogen-bond acceptors (Lipinski definition) is 3. The summed E-state index contributed by atoms with van der Waals surface area (Å²) in [4.78, 5) is 0. The second-order valence-electron chi connectivity index (χ2n) is 7.53. The van der Waals surface area contributed by atoms with Crippen LogP contribution >= 0.6 is 10.8 Å². The molecule has 2 nitrogen and oxygen atoms in total. The third kappa shape index (κ3) is 3.54. The average molecular weight is 324 g/mol. The Balaban J connectivity index is 2.69. The summed E-state index contributed by atoms with van der Waals surface area (Å²) in [6, 6.07) is 4.20. The fraction of sp³-hybridized carbons (Fsp3) is 0.529. The molecule has 1 heterocycles. The summed E-state index contributed by atoms with van der Waals surface area (Å²) < 4.78 is 4.70. The molecule has 1 aromatic rings. The summed E-state index contributed by atoms with van der Waals surface area (Å²) in [6.07, 6.45) is 2.13. The van der Waals surface area contributed by atoms with Crippen molar-refractivity contribution in [2.75, 3.05) is 6.26 Å². The smallest absolute Gasteiger partial charge is 0.123 e. The quantitative estimate of drug-likeness (QED) is 0.704. The Kier molecular flexibility index (Phi) is 4.33. The van der Waals surface area contributed by atoms with Crippen LogP contribution in [0.15, 0.2) is 21.9 Å². The van der Waals surface area contributed by atoms with Gasteiger partial charge in [0.05, 0.1) is 5.70 Å². The van der Waals surface area contributed by atoms with Crippen LogP contribution < -0.4 is 0 Å². The third-order valence-electron chi connectivity index (χ3n) is 3.55. The minimum absolute atomic E-state index is 0.0223. The number of rotatable bonds is 1. The van der Waals surface area contributed by atoms with Crippen LogP contribution in [-0.2, 0) is 20.6 Å². The monoisotopic (exact) mass is 323 g/mol. The van der Waals surface area contributed by atoms with Crippen LogP contribution in [0.5, 0.6) is 5.75 Å². The van der Waals surface area contributed by atoms with E-state index in [1.165, 1.54) is 0 Å². The summed E-state index contributed by atoms with van der Waals surface area (Å²) in [5.41, 5.74) is 3.96. The first-order valence-electron chi connectivity index (χ1n) is 7.13. The van der Waals surface area contributed by atoms with Gasteiger partial charge in [0.15, 0.2) is 0 Å². The van der Waals surface area contributed by atoms with Gasteiger partial charge in [-0.05, 0) is 32.7 Å². The van der Waals surface area contributed by atoms with Gasteiger partial charge in [-0.25, -0.2) is 4.36 Å². The highest BCUT2D eigenvalue weighted by Gasteiger charge is 2.27. The van der Waals surface area contributed by atoms with E-state index in [2.05, 4.69) is 65.3 Å². The number of nitrogens with zero attached hydrogens (tertiary/aromatic N) is 1. The van der Waals surface area contributed by atoms with Crippen molar-refractivity contribution in [3.05, 3.63) is 34.2 Å². The lowest BCUT2D eigenvalue weighted by atomic mass is 9.78. The Bertz CT molecular complexity index is 596. The Hall–Kier alpha value is -0.740. The van der Waals surface area contributed by atoms with Crippen molar-refractivity contribution in [3.63, 3.8) is 0 Å². The van der Waals surface area contributed by atoms with Crippen molar-refractivity contribution in [1.29, 1.82) is 0 Å². The fourth-order valence-electron chi connectivity index (χ4n) is 2.34.